The van der Waals surface area contributed by atoms with E-state index < -0.39 is 0 Å². The second kappa shape index (κ2) is 9.75. The van der Waals surface area contributed by atoms with Gasteiger partial charge in [-0.3, -0.25) is 19.1 Å². The highest BCUT2D eigenvalue weighted by atomic mass is 32.1. The molecule has 0 saturated carbocycles. The number of rotatable bonds is 8. The van der Waals surface area contributed by atoms with Crippen LogP contribution in [-0.4, -0.2) is 40.0 Å². The van der Waals surface area contributed by atoms with E-state index in [1.165, 1.54) is 29.7 Å². The molecule has 1 aliphatic heterocycles. The summed E-state index contributed by atoms with van der Waals surface area (Å²) in [4.78, 5) is 34.1. The van der Waals surface area contributed by atoms with E-state index in [4.69, 9.17) is 0 Å². The number of nitrogens with one attached hydrogen (secondary N) is 1. The third kappa shape index (κ3) is 4.57. The van der Waals surface area contributed by atoms with E-state index in [0.29, 0.717) is 28.2 Å². The van der Waals surface area contributed by atoms with Crippen LogP contribution in [0.3, 0.4) is 0 Å². The maximum atomic E-state index is 13.1. The summed E-state index contributed by atoms with van der Waals surface area (Å²) < 4.78 is 1.66. The molecule has 0 aliphatic carbocycles. The van der Waals surface area contributed by atoms with Gasteiger partial charge in [0, 0.05) is 13.1 Å². The Morgan fingerprint density at radius 3 is 2.68 bits per heavy atom. The van der Waals surface area contributed by atoms with Crippen molar-refractivity contribution in [2.75, 3.05) is 19.6 Å². The number of hydrogen-bond acceptors (Lipinski definition) is 5. The van der Waals surface area contributed by atoms with E-state index >= 15 is 0 Å². The van der Waals surface area contributed by atoms with E-state index in [2.05, 4.69) is 34.3 Å². The number of aromatic nitrogens is 2. The molecule has 3 heterocycles. The fourth-order valence-electron chi connectivity index (χ4n) is 4.32. The monoisotopic (exact) mass is 438 g/mol. The lowest BCUT2D eigenvalue weighted by Gasteiger charge is -2.28. The van der Waals surface area contributed by atoms with Gasteiger partial charge in [-0.05, 0) is 50.4 Å². The Morgan fingerprint density at radius 2 is 1.97 bits per heavy atom. The van der Waals surface area contributed by atoms with Crippen LogP contribution in [0.1, 0.15) is 59.4 Å². The van der Waals surface area contributed by atoms with E-state index in [-0.39, 0.29) is 17.5 Å². The number of nitrogens with zero attached hydrogens (tertiary/aromatic N) is 3. The van der Waals surface area contributed by atoms with Crippen molar-refractivity contribution >= 4 is 27.5 Å². The smallest absolute Gasteiger partial charge is 0.262 e. The molecule has 0 spiro atoms. The summed E-state index contributed by atoms with van der Waals surface area (Å²) in [5, 5.41) is 3.71. The average molecular weight is 439 g/mol. The Labute approximate surface area is 186 Å². The minimum absolute atomic E-state index is 0.0505. The van der Waals surface area contributed by atoms with Gasteiger partial charge in [0.25, 0.3) is 11.5 Å². The minimum Gasteiger partial charge on any atom is -0.349 e. The lowest BCUT2D eigenvalue weighted by Crippen LogP contribution is -2.36. The highest BCUT2D eigenvalue weighted by Gasteiger charge is 2.25. The SMILES string of the molecule is CCCCn1cnc2sc(C(=O)NCC(c3ccccc3)N3CCCC3)c(C)c2c1=O. The largest absolute Gasteiger partial charge is 0.349 e. The fraction of sp³-hybridized carbons (Fsp3) is 0.458. The normalized spacial score (nSPS) is 15.4. The third-order valence-corrected chi connectivity index (χ3v) is 7.30. The zero-order valence-corrected chi connectivity index (χ0v) is 19.1. The van der Waals surface area contributed by atoms with E-state index in [9.17, 15) is 9.59 Å². The highest BCUT2D eigenvalue weighted by molar-refractivity contribution is 7.20. The molecule has 1 saturated heterocycles. The van der Waals surface area contributed by atoms with Gasteiger partial charge in [-0.15, -0.1) is 11.3 Å². The van der Waals surface area contributed by atoms with Crippen molar-refractivity contribution in [3.05, 3.63) is 63.0 Å². The molecule has 1 aromatic carbocycles. The molecular formula is C24H30N4O2S. The van der Waals surface area contributed by atoms with Crippen LogP contribution in [0.5, 0.6) is 0 Å². The van der Waals surface area contributed by atoms with Crippen molar-refractivity contribution < 1.29 is 4.79 Å². The summed E-state index contributed by atoms with van der Waals surface area (Å²) in [5.74, 6) is -0.125. The van der Waals surface area contributed by atoms with Crippen molar-refractivity contribution in [2.24, 2.45) is 0 Å². The van der Waals surface area contributed by atoms with Gasteiger partial charge < -0.3 is 5.32 Å². The average Bonchev–Trinajstić information content (AvgIpc) is 3.43. The zero-order valence-electron chi connectivity index (χ0n) is 18.3. The summed E-state index contributed by atoms with van der Waals surface area (Å²) in [5.41, 5.74) is 1.90. The Balaban J connectivity index is 1.55. The standard InChI is InChI=1S/C24H30N4O2S/c1-3-4-12-28-16-26-23-20(24(28)30)17(2)21(31-23)22(29)25-15-19(27-13-8-9-14-27)18-10-6-5-7-11-18/h5-7,10-11,16,19H,3-4,8-9,12-15H2,1-2H3,(H,25,29). The number of unbranched alkanes of at least 4 members (excludes halogenated alkanes) is 1. The molecule has 1 unspecified atom stereocenters. The predicted octanol–water partition coefficient (Wildman–Crippen LogP) is 4.13. The van der Waals surface area contributed by atoms with Gasteiger partial charge in [-0.1, -0.05) is 43.7 Å². The number of carbonyl (C=O) groups is 1. The number of thiophene rings is 1. The van der Waals surface area contributed by atoms with Gasteiger partial charge in [0.1, 0.15) is 4.83 Å². The number of carbonyl (C=O) groups excluding carboxylic acids is 1. The van der Waals surface area contributed by atoms with Crippen molar-refractivity contribution in [2.45, 2.75) is 52.1 Å². The van der Waals surface area contributed by atoms with Crippen LogP contribution in [0.4, 0.5) is 0 Å². The molecule has 3 aromatic rings. The Morgan fingerprint density at radius 1 is 1.23 bits per heavy atom. The molecule has 0 radical (unpaired) electrons. The number of hydrogen-bond donors (Lipinski definition) is 1. The van der Waals surface area contributed by atoms with Crippen molar-refractivity contribution in [1.29, 1.82) is 0 Å². The number of likely N-dealkylation sites (tertiary alicyclic amines) is 1. The van der Waals surface area contributed by atoms with Crippen molar-refractivity contribution in [3.63, 3.8) is 0 Å². The maximum Gasteiger partial charge on any atom is 0.262 e. The second-order valence-electron chi connectivity index (χ2n) is 8.21. The van der Waals surface area contributed by atoms with Gasteiger partial charge in [0.2, 0.25) is 0 Å². The Kier molecular flexibility index (Phi) is 6.83. The summed E-state index contributed by atoms with van der Waals surface area (Å²) in [7, 11) is 0. The van der Waals surface area contributed by atoms with Crippen LogP contribution in [-0.2, 0) is 6.54 Å². The van der Waals surface area contributed by atoms with Crippen LogP contribution in [0.25, 0.3) is 10.2 Å². The molecule has 4 rings (SSSR count). The van der Waals surface area contributed by atoms with Gasteiger partial charge in [0.05, 0.1) is 22.6 Å². The summed E-state index contributed by atoms with van der Waals surface area (Å²) in [6.07, 6.45) is 5.95. The second-order valence-corrected chi connectivity index (χ2v) is 9.21. The molecule has 31 heavy (non-hydrogen) atoms. The summed E-state index contributed by atoms with van der Waals surface area (Å²) in [6, 6.07) is 10.5. The number of benzene rings is 1. The Bertz CT molecular complexity index is 1100. The zero-order chi connectivity index (χ0) is 21.8. The molecule has 1 fully saturated rings. The molecule has 2 aromatic heterocycles. The quantitative estimate of drug-likeness (QED) is 0.574. The molecule has 1 aliphatic rings. The van der Waals surface area contributed by atoms with Gasteiger partial charge in [-0.25, -0.2) is 4.98 Å². The lowest BCUT2D eigenvalue weighted by molar-refractivity contribution is 0.0941. The highest BCUT2D eigenvalue weighted by Crippen LogP contribution is 2.28. The van der Waals surface area contributed by atoms with E-state index in [1.807, 2.05) is 25.1 Å². The summed E-state index contributed by atoms with van der Waals surface area (Å²) >= 11 is 1.31. The molecule has 0 bridgehead atoms. The number of amides is 1. The molecule has 6 nitrogen and oxygen atoms in total. The van der Waals surface area contributed by atoms with Crippen LogP contribution < -0.4 is 10.9 Å². The van der Waals surface area contributed by atoms with Crippen LogP contribution >= 0.6 is 11.3 Å². The van der Waals surface area contributed by atoms with Gasteiger partial charge in [0.15, 0.2) is 0 Å². The summed E-state index contributed by atoms with van der Waals surface area (Å²) in [6.45, 7) is 7.27. The first-order valence-electron chi connectivity index (χ1n) is 11.2. The number of fused-ring (bicyclic) bond motifs is 1. The van der Waals surface area contributed by atoms with E-state index in [1.54, 1.807) is 10.9 Å². The maximum absolute atomic E-state index is 13.1. The lowest BCUT2D eigenvalue weighted by atomic mass is 10.1. The topological polar surface area (TPSA) is 67.2 Å². The molecule has 164 valence electrons. The third-order valence-electron chi connectivity index (χ3n) is 6.10. The number of aryl methyl sites for hydroxylation is 2. The molecule has 7 heteroatoms. The van der Waals surface area contributed by atoms with Crippen LogP contribution in [0.15, 0.2) is 41.5 Å². The first-order valence-corrected chi connectivity index (χ1v) is 12.0. The molecule has 1 N–H and O–H groups in total. The first kappa shape index (κ1) is 21.7. The molecule has 1 atom stereocenters. The van der Waals surface area contributed by atoms with Crippen molar-refractivity contribution in [1.82, 2.24) is 19.8 Å². The molecular weight excluding hydrogens is 408 g/mol. The minimum atomic E-state index is -0.125. The fourth-order valence-corrected chi connectivity index (χ4v) is 5.38. The first-order chi connectivity index (χ1) is 15.1. The van der Waals surface area contributed by atoms with Crippen LogP contribution in [0.2, 0.25) is 0 Å². The van der Waals surface area contributed by atoms with Crippen molar-refractivity contribution in [3.8, 4) is 0 Å². The predicted molar refractivity (Wildman–Crippen MR) is 126 cm³/mol. The molecule has 1 amide bonds. The van der Waals surface area contributed by atoms with E-state index in [0.717, 1.165) is 31.5 Å². The van der Waals surface area contributed by atoms with Crippen LogP contribution in [0, 0.1) is 6.92 Å². The van der Waals surface area contributed by atoms with Gasteiger partial charge >= 0.3 is 0 Å². The van der Waals surface area contributed by atoms with Gasteiger partial charge in [-0.2, -0.15) is 0 Å². The Hall–Kier alpha value is -2.51.